The highest BCUT2D eigenvalue weighted by molar-refractivity contribution is 5.98. The fourth-order valence-electron chi connectivity index (χ4n) is 7.54. The first kappa shape index (κ1) is 34.4. The van der Waals surface area contributed by atoms with Gasteiger partial charge in [-0.25, -0.2) is 4.98 Å². The van der Waals surface area contributed by atoms with Crippen LogP contribution in [0.4, 0.5) is 10.2 Å². The van der Waals surface area contributed by atoms with Crippen LogP contribution in [-0.2, 0) is 35.8 Å². The molecule has 2 aliphatic carbocycles. The lowest BCUT2D eigenvalue weighted by atomic mass is 9.55. The third kappa shape index (κ3) is 7.97. The second-order valence-electron chi connectivity index (χ2n) is 14.0. The maximum Gasteiger partial charge on any atom is 0.312 e. The van der Waals surface area contributed by atoms with Gasteiger partial charge in [-0.3, -0.25) is 14.4 Å². The van der Waals surface area contributed by atoms with Gasteiger partial charge in [-0.2, -0.15) is 14.4 Å². The highest BCUT2D eigenvalue weighted by atomic mass is 19.1. The number of aryl methyl sites for hydroxylation is 3. The van der Waals surface area contributed by atoms with Crippen LogP contribution in [0.1, 0.15) is 95.2 Å². The number of fused-ring (bicyclic) bond motifs is 1. The number of nitrogens with one attached hydrogen (secondary N) is 1. The van der Waals surface area contributed by atoms with E-state index in [-0.39, 0.29) is 36.3 Å². The van der Waals surface area contributed by atoms with Crippen molar-refractivity contribution in [2.75, 3.05) is 19.0 Å². The predicted molar refractivity (Wildman–Crippen MR) is 173 cm³/mol. The van der Waals surface area contributed by atoms with E-state index < -0.39 is 29.5 Å². The van der Waals surface area contributed by atoms with Crippen molar-refractivity contribution in [3.63, 3.8) is 0 Å². The highest BCUT2D eigenvalue weighted by Gasteiger charge is 2.47. The summed E-state index contributed by atoms with van der Waals surface area (Å²) in [6, 6.07) is 3.79. The lowest BCUT2D eigenvalue weighted by Crippen LogP contribution is -2.44. The van der Waals surface area contributed by atoms with E-state index in [4.69, 9.17) is 14.2 Å². The molecule has 2 aliphatic rings. The fraction of sp³-hybridized carbons (Fsp3) is 0.600. The molecule has 12 heteroatoms. The van der Waals surface area contributed by atoms with Gasteiger partial charge in [0.1, 0.15) is 12.4 Å². The monoisotopic (exact) mass is 651 g/mol. The maximum atomic E-state index is 14.5. The quantitative estimate of drug-likeness (QED) is 0.140. The average Bonchev–Trinajstić information content (AvgIpc) is 3.37. The van der Waals surface area contributed by atoms with Crippen LogP contribution >= 0.6 is 0 Å². The predicted octanol–water partition coefficient (Wildman–Crippen LogP) is 6.12. The van der Waals surface area contributed by atoms with Crippen molar-refractivity contribution in [2.24, 2.45) is 11.3 Å². The van der Waals surface area contributed by atoms with Gasteiger partial charge in [0.25, 0.3) is 0 Å². The Balaban J connectivity index is 1.17. The summed E-state index contributed by atoms with van der Waals surface area (Å²) in [7, 11) is 1.53. The number of ether oxygens (including phenoxy) is 3. The van der Waals surface area contributed by atoms with E-state index in [0.29, 0.717) is 29.6 Å². The second-order valence-corrected chi connectivity index (χ2v) is 14.0. The molecular formula is C35H46FN5O6. The molecule has 1 amide bonds. The number of methoxy groups -OCH3 is 1. The molecule has 254 valence electrons. The molecule has 1 spiro atoms. The Kier molecular flexibility index (Phi) is 10.3. The molecule has 2 fully saturated rings. The minimum absolute atomic E-state index is 0.00918. The summed E-state index contributed by atoms with van der Waals surface area (Å²) in [5, 5.41) is 2.81. The number of benzene rings is 1. The van der Waals surface area contributed by atoms with E-state index in [9.17, 15) is 18.8 Å². The van der Waals surface area contributed by atoms with Gasteiger partial charge < -0.3 is 24.1 Å². The zero-order valence-corrected chi connectivity index (χ0v) is 28.3. The lowest BCUT2D eigenvalue weighted by Gasteiger charge is -2.49. The number of rotatable bonds is 12. The largest absolute Gasteiger partial charge is 0.463 e. The number of carbonyl (C=O) groups is 3. The molecule has 0 bridgehead atoms. The molecule has 2 heterocycles. The average molecular weight is 652 g/mol. The van der Waals surface area contributed by atoms with Crippen LogP contribution in [0.5, 0.6) is 5.75 Å². The lowest BCUT2D eigenvalue weighted by molar-refractivity contribution is -0.148. The van der Waals surface area contributed by atoms with Crippen molar-refractivity contribution in [2.45, 2.75) is 110 Å². The molecule has 2 saturated carbocycles. The molecule has 2 aromatic heterocycles. The number of anilines is 1. The van der Waals surface area contributed by atoms with Gasteiger partial charge in [0.05, 0.1) is 18.9 Å². The number of hydrogen-bond acceptors (Lipinski definition) is 9. The molecule has 1 aromatic carbocycles. The maximum absolute atomic E-state index is 14.5. The number of amides is 1. The zero-order valence-electron chi connectivity index (χ0n) is 28.3. The normalized spacial score (nSPS) is 16.9. The molecule has 3 aromatic rings. The minimum Gasteiger partial charge on any atom is -0.463 e. The molecule has 1 unspecified atom stereocenters. The summed E-state index contributed by atoms with van der Waals surface area (Å²) in [4.78, 5) is 49.9. The number of hydrogen-bond donors (Lipinski definition) is 1. The van der Waals surface area contributed by atoms with Crippen molar-refractivity contribution in [3.8, 4) is 5.75 Å². The Morgan fingerprint density at radius 1 is 1.13 bits per heavy atom. The molecule has 11 nitrogen and oxygen atoms in total. The molecule has 1 atom stereocenters. The van der Waals surface area contributed by atoms with E-state index in [1.54, 1.807) is 10.6 Å². The Morgan fingerprint density at radius 3 is 2.53 bits per heavy atom. The van der Waals surface area contributed by atoms with Gasteiger partial charge in [-0.05, 0) is 68.6 Å². The van der Waals surface area contributed by atoms with E-state index in [1.807, 2.05) is 33.8 Å². The van der Waals surface area contributed by atoms with Crippen molar-refractivity contribution in [1.82, 2.24) is 19.5 Å². The molecule has 1 N–H and O–H groups in total. The van der Waals surface area contributed by atoms with E-state index in [2.05, 4.69) is 20.3 Å². The Morgan fingerprint density at radius 2 is 1.85 bits per heavy atom. The molecule has 5 rings (SSSR count). The fourth-order valence-corrected chi connectivity index (χ4v) is 7.54. The van der Waals surface area contributed by atoms with Crippen LogP contribution in [-0.4, -0.2) is 57.2 Å². The first-order valence-corrected chi connectivity index (χ1v) is 16.5. The minimum atomic E-state index is -0.951. The van der Waals surface area contributed by atoms with Crippen LogP contribution in [0.2, 0.25) is 0 Å². The molecule has 0 radical (unpaired) electrons. The number of carbonyl (C=O) groups excluding carboxylic acids is 3. The first-order chi connectivity index (χ1) is 22.3. The molecule has 0 saturated heterocycles. The third-order valence-electron chi connectivity index (χ3n) is 9.74. The Bertz CT molecular complexity index is 1640. The van der Waals surface area contributed by atoms with Crippen molar-refractivity contribution in [3.05, 3.63) is 41.2 Å². The molecule has 47 heavy (non-hydrogen) atoms. The summed E-state index contributed by atoms with van der Waals surface area (Å²) in [6.45, 7) is 9.38. The van der Waals surface area contributed by atoms with Gasteiger partial charge in [-0.1, -0.05) is 39.2 Å². The van der Waals surface area contributed by atoms with Gasteiger partial charge in [-0.15, -0.1) is 0 Å². The number of esters is 2. The smallest absolute Gasteiger partial charge is 0.312 e. The van der Waals surface area contributed by atoms with E-state index >= 15 is 0 Å². The van der Waals surface area contributed by atoms with Crippen molar-refractivity contribution >= 4 is 34.8 Å². The summed E-state index contributed by atoms with van der Waals surface area (Å²) >= 11 is 0. The van der Waals surface area contributed by atoms with Gasteiger partial charge in [0.2, 0.25) is 5.91 Å². The topological polar surface area (TPSA) is 135 Å². The Hall–Kier alpha value is -3.93. The van der Waals surface area contributed by atoms with Crippen LogP contribution in [0.25, 0.3) is 11.2 Å². The van der Waals surface area contributed by atoms with Crippen molar-refractivity contribution in [1.29, 1.82) is 0 Å². The second kappa shape index (κ2) is 14.0. The summed E-state index contributed by atoms with van der Waals surface area (Å²) in [6.07, 6.45) is 8.41. The van der Waals surface area contributed by atoms with Crippen LogP contribution < -0.4 is 10.1 Å². The van der Waals surface area contributed by atoms with Crippen LogP contribution in [0.3, 0.4) is 0 Å². The Labute approximate surface area is 275 Å². The molecular weight excluding hydrogens is 605 g/mol. The standard InChI is InChI=1S/C35H46FN5O6/c1-21-14-22(2)28(26(15-21)47-23(3)42)34(4,5)18-27(43)46-19-25(45-6)10-13-41-20-37-29-30(39-33(36)40-31(29)41)38-32(44)24-16-35(17-24)11-8-7-9-12-35/h14-15,20,24-25H,7-13,16-19H2,1-6H3,(H,38,39,40,44). The first-order valence-electron chi connectivity index (χ1n) is 16.5. The van der Waals surface area contributed by atoms with Gasteiger partial charge in [0.15, 0.2) is 17.0 Å². The molecule has 0 aliphatic heterocycles. The van der Waals surface area contributed by atoms with Crippen LogP contribution in [0, 0.1) is 31.3 Å². The third-order valence-corrected chi connectivity index (χ3v) is 9.74. The van der Waals surface area contributed by atoms with Gasteiger partial charge >= 0.3 is 18.0 Å². The van der Waals surface area contributed by atoms with Crippen LogP contribution in [0.15, 0.2) is 18.5 Å². The SMILES string of the molecule is COC(CCn1cnc2c(NC(=O)C3CC4(CCCCC4)C3)nc(F)nc21)COC(=O)CC(C)(C)c1c(C)cc(C)cc1OC(C)=O. The van der Waals surface area contributed by atoms with E-state index in [1.165, 1.54) is 52.5 Å². The number of imidazole rings is 1. The van der Waals surface area contributed by atoms with Gasteiger partial charge in [0, 0.05) is 37.5 Å². The summed E-state index contributed by atoms with van der Waals surface area (Å²) < 4.78 is 32.9. The number of nitrogens with zero attached hydrogens (tertiary/aromatic N) is 4. The zero-order chi connectivity index (χ0) is 33.9. The van der Waals surface area contributed by atoms with E-state index in [0.717, 1.165) is 29.5 Å². The summed E-state index contributed by atoms with van der Waals surface area (Å²) in [5.74, 6) is -0.597. The number of aromatic nitrogens is 4. The summed E-state index contributed by atoms with van der Waals surface area (Å²) in [5.41, 5.74) is 2.84. The van der Waals surface area contributed by atoms with Crippen molar-refractivity contribution < 1.29 is 33.0 Å². The highest BCUT2D eigenvalue weighted by Crippen LogP contribution is 2.55. The number of halogens is 1.